The van der Waals surface area contributed by atoms with Crippen LogP contribution in [0.15, 0.2) is 65.3 Å². The zero-order valence-corrected chi connectivity index (χ0v) is 21.7. The van der Waals surface area contributed by atoms with Gasteiger partial charge in [-0.1, -0.05) is 12.1 Å². The summed E-state index contributed by atoms with van der Waals surface area (Å²) in [4.78, 5) is 25.4. The zero-order valence-electron chi connectivity index (χ0n) is 20.9. The number of carbonyl (C=O) groups excluding carboxylic acids is 1. The summed E-state index contributed by atoms with van der Waals surface area (Å²) in [7, 11) is 0. The summed E-state index contributed by atoms with van der Waals surface area (Å²) < 4.78 is 17.6. The Bertz CT molecular complexity index is 1330. The molecular weight excluding hydrogens is 476 g/mol. The van der Waals surface area contributed by atoms with Crippen LogP contribution < -0.4 is 14.2 Å². The third-order valence-electron chi connectivity index (χ3n) is 5.85. The number of carboxylic acid groups (broad SMARTS) is 1. The molecule has 0 bridgehead atoms. The van der Waals surface area contributed by atoms with E-state index in [2.05, 4.69) is 0 Å². The second kappa shape index (κ2) is 10.1. The van der Waals surface area contributed by atoms with Crippen molar-refractivity contribution in [3.05, 3.63) is 88.2 Å². The van der Waals surface area contributed by atoms with Crippen molar-refractivity contribution in [1.82, 2.24) is 0 Å². The second-order valence-electron chi connectivity index (χ2n) is 9.14. The quantitative estimate of drug-likeness (QED) is 0.278. The molecule has 1 aliphatic heterocycles. The summed E-state index contributed by atoms with van der Waals surface area (Å²) in [5.74, 6) is 0.698. The molecule has 1 aliphatic rings. The number of Topliss-reactive ketones (excluding diaryl/α,β-unsaturated/α-hetero) is 1. The molecule has 6 nitrogen and oxygen atoms in total. The van der Waals surface area contributed by atoms with E-state index in [1.807, 2.05) is 56.5 Å². The number of aryl methyl sites for hydroxylation is 2. The Morgan fingerprint density at radius 1 is 1.06 bits per heavy atom. The first-order valence-electron chi connectivity index (χ1n) is 11.4. The third-order valence-corrected chi connectivity index (χ3v) is 6.60. The maximum atomic E-state index is 12.8. The summed E-state index contributed by atoms with van der Waals surface area (Å²) in [6.45, 7) is 7.09. The Morgan fingerprint density at radius 3 is 2.33 bits per heavy atom. The van der Waals surface area contributed by atoms with E-state index in [1.54, 1.807) is 36.0 Å². The molecule has 0 unspecified atom stereocenters. The number of carbonyl (C=O) groups is 2. The lowest BCUT2D eigenvalue weighted by atomic mass is 10.0. The van der Waals surface area contributed by atoms with Crippen molar-refractivity contribution in [2.75, 3.05) is 6.26 Å². The molecule has 0 radical (unpaired) electrons. The van der Waals surface area contributed by atoms with Gasteiger partial charge in [0.2, 0.25) is 5.78 Å². The van der Waals surface area contributed by atoms with Crippen LogP contribution in [0.5, 0.6) is 17.2 Å². The minimum Gasteiger partial charge on any atom is -0.489 e. The van der Waals surface area contributed by atoms with E-state index in [4.69, 9.17) is 14.2 Å². The topological polar surface area (TPSA) is 82.1 Å². The Balaban J connectivity index is 1.46. The van der Waals surface area contributed by atoms with E-state index in [0.29, 0.717) is 29.4 Å². The smallest absolute Gasteiger partial charge is 0.347 e. The van der Waals surface area contributed by atoms with Crippen LogP contribution in [-0.2, 0) is 11.4 Å². The molecule has 186 valence electrons. The monoisotopic (exact) mass is 504 g/mol. The van der Waals surface area contributed by atoms with Gasteiger partial charge in [0.15, 0.2) is 11.4 Å². The standard InChI is InChI=1S/C29H28O6S/c1-17-12-20(13-18(2)27(17)35-29(3,4)28(31)32)16-33-21-8-11-23-24(15-21)34-25(26(23)30)14-19-6-9-22(36-5)10-7-19/h6-15H,16H2,1-5H3,(H,31,32)/b25-14-. The van der Waals surface area contributed by atoms with Crippen molar-refractivity contribution < 1.29 is 28.9 Å². The fourth-order valence-corrected chi connectivity index (χ4v) is 4.27. The Kier molecular flexibility index (Phi) is 7.13. The normalized spacial score (nSPS) is 13.9. The number of rotatable bonds is 8. The second-order valence-corrected chi connectivity index (χ2v) is 10.0. The van der Waals surface area contributed by atoms with Crippen LogP contribution in [0.1, 0.15) is 46.5 Å². The number of aliphatic carboxylic acids is 1. The van der Waals surface area contributed by atoms with Crippen molar-refractivity contribution in [3.8, 4) is 17.2 Å². The van der Waals surface area contributed by atoms with Crippen LogP contribution in [0, 0.1) is 13.8 Å². The lowest BCUT2D eigenvalue weighted by Crippen LogP contribution is -2.38. The molecule has 0 atom stereocenters. The van der Waals surface area contributed by atoms with E-state index in [0.717, 1.165) is 27.1 Å². The first-order chi connectivity index (χ1) is 17.1. The van der Waals surface area contributed by atoms with Crippen LogP contribution in [0.4, 0.5) is 0 Å². The number of ether oxygens (including phenoxy) is 3. The molecule has 0 amide bonds. The van der Waals surface area contributed by atoms with E-state index in [-0.39, 0.29) is 11.5 Å². The van der Waals surface area contributed by atoms with Crippen LogP contribution in [0.2, 0.25) is 0 Å². The molecule has 1 heterocycles. The largest absolute Gasteiger partial charge is 0.489 e. The minimum absolute atomic E-state index is 0.156. The minimum atomic E-state index is -1.33. The van der Waals surface area contributed by atoms with Crippen molar-refractivity contribution in [2.45, 2.75) is 44.8 Å². The summed E-state index contributed by atoms with van der Waals surface area (Å²) in [5.41, 5.74) is 2.63. The van der Waals surface area contributed by atoms with Gasteiger partial charge in [-0.05, 0) is 98.7 Å². The predicted molar refractivity (Wildman–Crippen MR) is 140 cm³/mol. The van der Waals surface area contributed by atoms with Gasteiger partial charge in [-0.25, -0.2) is 4.79 Å². The molecule has 0 spiro atoms. The van der Waals surface area contributed by atoms with Crippen LogP contribution in [0.25, 0.3) is 6.08 Å². The number of ketones is 1. The van der Waals surface area contributed by atoms with Crippen molar-refractivity contribution >= 4 is 29.6 Å². The number of thioether (sulfide) groups is 1. The van der Waals surface area contributed by atoms with Gasteiger partial charge in [0.1, 0.15) is 23.9 Å². The van der Waals surface area contributed by atoms with Gasteiger partial charge in [0.05, 0.1) is 5.56 Å². The van der Waals surface area contributed by atoms with E-state index in [1.165, 1.54) is 13.8 Å². The van der Waals surface area contributed by atoms with Crippen molar-refractivity contribution in [2.24, 2.45) is 0 Å². The van der Waals surface area contributed by atoms with Gasteiger partial charge in [-0.3, -0.25) is 4.79 Å². The Hall–Kier alpha value is -3.71. The first-order valence-corrected chi connectivity index (χ1v) is 12.7. The number of carboxylic acids is 1. The third kappa shape index (κ3) is 5.41. The summed E-state index contributed by atoms with van der Waals surface area (Å²) >= 11 is 1.66. The Morgan fingerprint density at radius 2 is 1.72 bits per heavy atom. The average Bonchev–Trinajstić information content (AvgIpc) is 3.14. The number of benzene rings is 3. The molecule has 1 N–H and O–H groups in total. The Labute approximate surface area is 214 Å². The molecular formula is C29H28O6S. The highest BCUT2D eigenvalue weighted by atomic mass is 32.2. The van der Waals surface area contributed by atoms with Gasteiger partial charge in [0, 0.05) is 11.0 Å². The number of fused-ring (bicyclic) bond motifs is 1. The lowest BCUT2D eigenvalue weighted by molar-refractivity contribution is -0.152. The summed E-state index contributed by atoms with van der Waals surface area (Å²) in [5, 5.41) is 9.36. The van der Waals surface area contributed by atoms with Gasteiger partial charge in [0.25, 0.3) is 0 Å². The van der Waals surface area contributed by atoms with Gasteiger partial charge in [-0.15, -0.1) is 11.8 Å². The highest BCUT2D eigenvalue weighted by Gasteiger charge is 2.31. The number of hydrogen-bond donors (Lipinski definition) is 1. The zero-order chi connectivity index (χ0) is 26.0. The van der Waals surface area contributed by atoms with Crippen molar-refractivity contribution in [3.63, 3.8) is 0 Å². The maximum absolute atomic E-state index is 12.8. The van der Waals surface area contributed by atoms with Crippen LogP contribution >= 0.6 is 11.8 Å². The molecule has 36 heavy (non-hydrogen) atoms. The average molecular weight is 505 g/mol. The van der Waals surface area contributed by atoms with Gasteiger partial charge < -0.3 is 19.3 Å². The van der Waals surface area contributed by atoms with E-state index < -0.39 is 11.6 Å². The summed E-state index contributed by atoms with van der Waals surface area (Å²) in [6.07, 6.45) is 3.76. The number of hydrogen-bond acceptors (Lipinski definition) is 6. The number of allylic oxidation sites excluding steroid dienone is 1. The molecule has 0 aromatic heterocycles. The molecule has 3 aromatic rings. The first kappa shape index (κ1) is 25.4. The molecule has 4 rings (SSSR count). The van der Waals surface area contributed by atoms with Crippen molar-refractivity contribution in [1.29, 1.82) is 0 Å². The highest BCUT2D eigenvalue weighted by molar-refractivity contribution is 7.98. The summed E-state index contributed by atoms with van der Waals surface area (Å²) in [6, 6.07) is 16.9. The fraction of sp³-hybridized carbons (Fsp3) is 0.241. The highest BCUT2D eigenvalue weighted by Crippen LogP contribution is 2.35. The van der Waals surface area contributed by atoms with E-state index >= 15 is 0 Å². The SMILES string of the molecule is CSc1ccc(/C=C2\Oc3cc(OCc4cc(C)c(OC(C)(C)C(=O)O)c(C)c4)ccc3C2=O)cc1. The molecule has 7 heteroatoms. The van der Waals surface area contributed by atoms with Crippen LogP contribution in [-0.4, -0.2) is 28.7 Å². The van der Waals surface area contributed by atoms with Gasteiger partial charge in [-0.2, -0.15) is 0 Å². The van der Waals surface area contributed by atoms with Crippen LogP contribution in [0.3, 0.4) is 0 Å². The molecule has 0 saturated carbocycles. The molecule has 3 aromatic carbocycles. The fourth-order valence-electron chi connectivity index (χ4n) is 3.86. The lowest BCUT2D eigenvalue weighted by Gasteiger charge is -2.24. The predicted octanol–water partition coefficient (Wildman–Crippen LogP) is 6.46. The molecule has 0 aliphatic carbocycles. The molecule has 0 fully saturated rings. The maximum Gasteiger partial charge on any atom is 0.347 e. The van der Waals surface area contributed by atoms with Gasteiger partial charge >= 0.3 is 5.97 Å². The van der Waals surface area contributed by atoms with E-state index in [9.17, 15) is 14.7 Å². The molecule has 0 saturated heterocycles.